The maximum absolute atomic E-state index is 11.2. The molecule has 3 heteroatoms. The molecule has 0 unspecified atom stereocenters. The van der Waals surface area contributed by atoms with Crippen molar-refractivity contribution in [3.8, 4) is 0 Å². The van der Waals surface area contributed by atoms with Crippen molar-refractivity contribution in [2.24, 2.45) is 0 Å². The van der Waals surface area contributed by atoms with Crippen molar-refractivity contribution in [3.05, 3.63) is 13.2 Å². The molecule has 0 amide bonds. The van der Waals surface area contributed by atoms with Crippen LogP contribution in [-0.4, -0.2) is 6.18 Å². The van der Waals surface area contributed by atoms with E-state index in [1.54, 1.807) is 6.92 Å². The summed E-state index contributed by atoms with van der Waals surface area (Å²) in [6.07, 6.45) is -3.72. The smallest absolute Gasteiger partial charge is 0.171 e. The Kier molecular flexibility index (Phi) is 19.2. The second-order valence-corrected chi connectivity index (χ2v) is 1.72. The molecule has 0 aliphatic carbocycles. The zero-order valence-corrected chi connectivity index (χ0v) is 8.17. The first-order valence-electron chi connectivity index (χ1n) is 4.13. The zero-order chi connectivity index (χ0) is 10.6. The number of alkyl halides is 3. The van der Waals surface area contributed by atoms with Gasteiger partial charge in [0.05, 0.1) is 0 Å². The van der Waals surface area contributed by atoms with Gasteiger partial charge in [-0.25, -0.2) is 0 Å². The van der Waals surface area contributed by atoms with Gasteiger partial charge in [-0.05, 0) is 6.42 Å². The van der Waals surface area contributed by atoms with Crippen LogP contribution in [0.5, 0.6) is 0 Å². The van der Waals surface area contributed by atoms with Gasteiger partial charge in [-0.3, -0.25) is 0 Å². The van der Waals surface area contributed by atoms with E-state index in [0.717, 1.165) is 0 Å². The summed E-state index contributed by atoms with van der Waals surface area (Å²) in [7, 11) is 0. The molecule has 0 rings (SSSR count). The standard InChI is InChI=1S/C5H9F3.C2H6.C2H4/c1-2-3-4-5(6,7)8;2*1-2/h2-4H2,1H3;1-2H3;1-2H2. The molecular weight excluding hydrogens is 165 g/mol. The Morgan fingerprint density at radius 2 is 1.42 bits per heavy atom. The summed E-state index contributed by atoms with van der Waals surface area (Å²) in [6.45, 7) is 11.7. The highest BCUT2D eigenvalue weighted by molar-refractivity contribution is 4.47. The van der Waals surface area contributed by atoms with E-state index in [1.807, 2.05) is 13.8 Å². The van der Waals surface area contributed by atoms with Crippen LogP contribution >= 0.6 is 0 Å². The lowest BCUT2D eigenvalue weighted by Gasteiger charge is -2.02. The minimum absolute atomic E-state index is 0.253. The monoisotopic (exact) mass is 184 g/mol. The van der Waals surface area contributed by atoms with Crippen molar-refractivity contribution in [3.63, 3.8) is 0 Å². The van der Waals surface area contributed by atoms with E-state index < -0.39 is 12.6 Å². The van der Waals surface area contributed by atoms with Gasteiger partial charge >= 0.3 is 6.18 Å². The Morgan fingerprint density at radius 1 is 1.08 bits per heavy atom. The van der Waals surface area contributed by atoms with Gasteiger partial charge in [-0.15, -0.1) is 13.2 Å². The van der Waals surface area contributed by atoms with Crippen LogP contribution in [0.3, 0.4) is 0 Å². The van der Waals surface area contributed by atoms with E-state index in [4.69, 9.17) is 0 Å². The maximum Gasteiger partial charge on any atom is 0.389 e. The van der Waals surface area contributed by atoms with E-state index in [9.17, 15) is 13.2 Å². The summed E-state index contributed by atoms with van der Waals surface area (Å²) >= 11 is 0. The van der Waals surface area contributed by atoms with Crippen LogP contribution < -0.4 is 0 Å². The van der Waals surface area contributed by atoms with Crippen LogP contribution in [0.1, 0.15) is 40.0 Å². The fraction of sp³-hybridized carbons (Fsp3) is 0.778. The maximum atomic E-state index is 11.2. The van der Waals surface area contributed by atoms with Crippen LogP contribution in [-0.2, 0) is 0 Å². The van der Waals surface area contributed by atoms with E-state index in [-0.39, 0.29) is 6.42 Å². The van der Waals surface area contributed by atoms with E-state index >= 15 is 0 Å². The van der Waals surface area contributed by atoms with Gasteiger partial charge in [0.1, 0.15) is 0 Å². The lowest BCUT2D eigenvalue weighted by Crippen LogP contribution is -2.05. The van der Waals surface area contributed by atoms with E-state index in [2.05, 4.69) is 13.2 Å². The van der Waals surface area contributed by atoms with Crippen molar-refractivity contribution in [1.82, 2.24) is 0 Å². The van der Waals surface area contributed by atoms with Crippen molar-refractivity contribution < 1.29 is 13.2 Å². The van der Waals surface area contributed by atoms with Crippen LogP contribution in [0.25, 0.3) is 0 Å². The minimum Gasteiger partial charge on any atom is -0.171 e. The van der Waals surface area contributed by atoms with Gasteiger partial charge in [0.15, 0.2) is 0 Å². The molecule has 0 N–H and O–H groups in total. The van der Waals surface area contributed by atoms with Gasteiger partial charge in [-0.2, -0.15) is 13.2 Å². The summed E-state index contributed by atoms with van der Waals surface area (Å²) in [5, 5.41) is 0. The van der Waals surface area contributed by atoms with Gasteiger partial charge in [0.25, 0.3) is 0 Å². The Bertz CT molecular complexity index is 66.7. The fourth-order valence-electron chi connectivity index (χ4n) is 0.377. The molecule has 0 radical (unpaired) electrons. The normalized spacial score (nSPS) is 8.83. The average molecular weight is 184 g/mol. The van der Waals surface area contributed by atoms with Crippen molar-refractivity contribution in [1.29, 1.82) is 0 Å². The summed E-state index contributed by atoms with van der Waals surface area (Å²) in [5.41, 5.74) is 0. The lowest BCUT2D eigenvalue weighted by atomic mass is 10.2. The van der Waals surface area contributed by atoms with Crippen LogP contribution in [0.15, 0.2) is 13.2 Å². The predicted octanol–water partition coefficient (Wildman–Crippen LogP) is 4.57. The molecule has 12 heavy (non-hydrogen) atoms. The van der Waals surface area contributed by atoms with Crippen LogP contribution in [0, 0.1) is 0 Å². The second-order valence-electron chi connectivity index (χ2n) is 1.72. The Hall–Kier alpha value is -0.470. The number of hydrogen-bond donors (Lipinski definition) is 0. The molecule has 0 aliphatic heterocycles. The second kappa shape index (κ2) is 13.1. The molecular formula is C9H19F3. The number of halogens is 3. The molecule has 0 bridgehead atoms. The third-order valence-corrected chi connectivity index (χ3v) is 0.814. The summed E-state index contributed by atoms with van der Waals surface area (Å²) in [5.74, 6) is 0. The van der Waals surface area contributed by atoms with Crippen LogP contribution in [0.2, 0.25) is 0 Å². The van der Waals surface area contributed by atoms with Gasteiger partial charge in [-0.1, -0.05) is 27.2 Å². The first-order valence-corrected chi connectivity index (χ1v) is 4.13. The molecule has 0 saturated heterocycles. The quantitative estimate of drug-likeness (QED) is 0.551. The minimum atomic E-state index is -3.95. The summed E-state index contributed by atoms with van der Waals surface area (Å²) < 4.78 is 33.7. The highest BCUT2D eigenvalue weighted by Gasteiger charge is 2.25. The molecule has 0 saturated carbocycles. The SMILES string of the molecule is C=C.CC.CCCCC(F)(F)F. The molecule has 0 fully saturated rings. The van der Waals surface area contributed by atoms with Crippen molar-refractivity contribution in [2.75, 3.05) is 0 Å². The third-order valence-electron chi connectivity index (χ3n) is 0.814. The molecule has 0 aromatic heterocycles. The zero-order valence-electron chi connectivity index (χ0n) is 8.17. The number of hydrogen-bond acceptors (Lipinski definition) is 0. The van der Waals surface area contributed by atoms with Gasteiger partial charge in [0, 0.05) is 6.42 Å². The summed E-state index contributed by atoms with van der Waals surface area (Å²) in [6, 6.07) is 0. The van der Waals surface area contributed by atoms with Gasteiger partial charge in [0.2, 0.25) is 0 Å². The first-order chi connectivity index (χ1) is 5.56. The Morgan fingerprint density at radius 3 is 1.50 bits per heavy atom. The molecule has 0 spiro atoms. The Labute approximate surface area is 73.5 Å². The molecule has 0 atom stereocenters. The number of rotatable bonds is 2. The van der Waals surface area contributed by atoms with Crippen LogP contribution in [0.4, 0.5) is 13.2 Å². The lowest BCUT2D eigenvalue weighted by molar-refractivity contribution is -0.135. The molecule has 0 aromatic carbocycles. The molecule has 0 aromatic rings. The third kappa shape index (κ3) is 33.8. The van der Waals surface area contributed by atoms with E-state index in [1.165, 1.54) is 0 Å². The topological polar surface area (TPSA) is 0 Å². The average Bonchev–Trinajstić information content (AvgIpc) is 2.07. The Balaban J connectivity index is -0.000000175. The fourth-order valence-corrected chi connectivity index (χ4v) is 0.377. The highest BCUT2D eigenvalue weighted by atomic mass is 19.4. The molecule has 0 aliphatic rings. The van der Waals surface area contributed by atoms with Gasteiger partial charge < -0.3 is 0 Å². The number of unbranched alkanes of at least 4 members (excludes halogenated alkanes) is 1. The van der Waals surface area contributed by atoms with Crippen molar-refractivity contribution >= 4 is 0 Å². The van der Waals surface area contributed by atoms with E-state index in [0.29, 0.717) is 6.42 Å². The largest absolute Gasteiger partial charge is 0.389 e. The summed E-state index contributed by atoms with van der Waals surface area (Å²) in [4.78, 5) is 0. The molecule has 0 heterocycles. The predicted molar refractivity (Wildman–Crippen MR) is 48.2 cm³/mol. The first kappa shape index (κ1) is 17.6. The highest BCUT2D eigenvalue weighted by Crippen LogP contribution is 2.21. The molecule has 76 valence electrons. The molecule has 0 nitrogen and oxygen atoms in total. The van der Waals surface area contributed by atoms with Crippen molar-refractivity contribution in [2.45, 2.75) is 46.2 Å².